The predicted molar refractivity (Wildman–Crippen MR) is 55.5 cm³/mol. The number of nitroso groups, excluding NO2 is 1. The van der Waals surface area contributed by atoms with Gasteiger partial charge in [0.2, 0.25) is 0 Å². The van der Waals surface area contributed by atoms with Gasteiger partial charge in [-0.25, -0.2) is 9.97 Å². The van der Waals surface area contributed by atoms with Crippen LogP contribution in [0.2, 0.25) is 0 Å². The van der Waals surface area contributed by atoms with Gasteiger partial charge < -0.3 is 0 Å². The molecular weight excluding hydrogens is 178 g/mol. The first kappa shape index (κ1) is 10.8. The molecule has 0 aliphatic heterocycles. The molecular formula is C10H15N3O. The van der Waals surface area contributed by atoms with Gasteiger partial charge in [-0.1, -0.05) is 13.8 Å². The predicted octanol–water partition coefficient (Wildman–Crippen LogP) is 3.09. The smallest absolute Gasteiger partial charge is 0.147 e. The van der Waals surface area contributed by atoms with Crippen molar-refractivity contribution in [3.63, 3.8) is 0 Å². The molecule has 1 aliphatic rings. The minimum atomic E-state index is 0.347. The summed E-state index contributed by atoms with van der Waals surface area (Å²) in [6.07, 6.45) is 3.85. The van der Waals surface area contributed by atoms with E-state index in [1.54, 1.807) is 6.92 Å². The maximum Gasteiger partial charge on any atom is 0.147 e. The lowest BCUT2D eigenvalue weighted by Crippen LogP contribution is -1.93. The van der Waals surface area contributed by atoms with E-state index in [2.05, 4.69) is 15.1 Å². The van der Waals surface area contributed by atoms with Gasteiger partial charge >= 0.3 is 0 Å². The van der Waals surface area contributed by atoms with Crippen molar-refractivity contribution in [1.82, 2.24) is 9.97 Å². The molecule has 14 heavy (non-hydrogen) atoms. The van der Waals surface area contributed by atoms with Crippen molar-refractivity contribution >= 4 is 5.69 Å². The third kappa shape index (κ3) is 2.34. The average molecular weight is 193 g/mol. The van der Waals surface area contributed by atoms with Crippen molar-refractivity contribution in [3.8, 4) is 0 Å². The summed E-state index contributed by atoms with van der Waals surface area (Å²) in [5.41, 5.74) is 1.03. The summed E-state index contributed by atoms with van der Waals surface area (Å²) in [6.45, 7) is 5.78. The summed E-state index contributed by atoms with van der Waals surface area (Å²) in [7, 11) is 0. The molecule has 0 spiro atoms. The van der Waals surface area contributed by atoms with Gasteiger partial charge in [0, 0.05) is 5.92 Å². The van der Waals surface area contributed by atoms with Gasteiger partial charge in [0.15, 0.2) is 0 Å². The second-order valence-electron chi connectivity index (χ2n) is 3.06. The van der Waals surface area contributed by atoms with E-state index in [9.17, 15) is 4.91 Å². The summed E-state index contributed by atoms with van der Waals surface area (Å²) in [5, 5.41) is 2.82. The minimum absolute atomic E-state index is 0.347. The Hall–Kier alpha value is -1.32. The molecule has 0 bridgehead atoms. The van der Waals surface area contributed by atoms with Crippen molar-refractivity contribution in [1.29, 1.82) is 0 Å². The summed E-state index contributed by atoms with van der Waals surface area (Å²) in [5.74, 6) is 1.39. The van der Waals surface area contributed by atoms with Crippen LogP contribution in [-0.4, -0.2) is 9.97 Å². The monoisotopic (exact) mass is 193 g/mol. The van der Waals surface area contributed by atoms with Crippen LogP contribution >= 0.6 is 0 Å². The van der Waals surface area contributed by atoms with E-state index in [0.717, 1.165) is 5.82 Å². The van der Waals surface area contributed by atoms with Crippen LogP contribution in [0.1, 0.15) is 44.1 Å². The van der Waals surface area contributed by atoms with Gasteiger partial charge in [-0.05, 0) is 24.9 Å². The number of hydrogen-bond donors (Lipinski definition) is 0. The van der Waals surface area contributed by atoms with Crippen molar-refractivity contribution in [2.75, 3.05) is 0 Å². The molecule has 4 heteroatoms. The Labute approximate surface area is 83.8 Å². The van der Waals surface area contributed by atoms with E-state index in [1.807, 2.05) is 13.8 Å². The average Bonchev–Trinajstić information content (AvgIpc) is 3.04. The Morgan fingerprint density at radius 2 is 2.07 bits per heavy atom. The molecule has 0 aromatic carbocycles. The van der Waals surface area contributed by atoms with Gasteiger partial charge in [0.05, 0.1) is 11.9 Å². The summed E-state index contributed by atoms with van der Waals surface area (Å²) in [4.78, 5) is 18.5. The van der Waals surface area contributed by atoms with E-state index < -0.39 is 0 Å². The van der Waals surface area contributed by atoms with Crippen molar-refractivity contribution in [3.05, 3.63) is 22.6 Å². The quantitative estimate of drug-likeness (QED) is 0.678. The minimum Gasteiger partial charge on any atom is -0.239 e. The molecule has 2 rings (SSSR count). The molecule has 1 aromatic heterocycles. The molecule has 4 nitrogen and oxygen atoms in total. The molecule has 1 aliphatic carbocycles. The molecule has 0 amide bonds. The standard InChI is InChI=1S/C8H9N3O.C2H6/c1-5-7(11-12)4-9-8(10-5)6-2-3-6;1-2/h4,6H,2-3H2,1H3;1-2H3. The zero-order valence-electron chi connectivity index (χ0n) is 8.82. The highest BCUT2D eigenvalue weighted by Gasteiger charge is 2.26. The van der Waals surface area contributed by atoms with Crippen LogP contribution in [-0.2, 0) is 0 Å². The highest BCUT2D eigenvalue weighted by Crippen LogP contribution is 2.38. The largest absolute Gasteiger partial charge is 0.239 e. The van der Waals surface area contributed by atoms with E-state index in [-0.39, 0.29) is 0 Å². The van der Waals surface area contributed by atoms with Crippen LogP contribution in [0, 0.1) is 11.8 Å². The lowest BCUT2D eigenvalue weighted by atomic mass is 10.3. The van der Waals surface area contributed by atoms with Crippen LogP contribution < -0.4 is 0 Å². The zero-order chi connectivity index (χ0) is 10.6. The lowest BCUT2D eigenvalue weighted by molar-refractivity contribution is 0.905. The van der Waals surface area contributed by atoms with Gasteiger partial charge in [-0.2, -0.15) is 0 Å². The van der Waals surface area contributed by atoms with Crippen LogP contribution in [0.25, 0.3) is 0 Å². The summed E-state index contributed by atoms with van der Waals surface area (Å²) < 4.78 is 0. The van der Waals surface area contributed by atoms with Gasteiger partial charge in [-0.15, -0.1) is 4.91 Å². The first-order chi connectivity index (χ1) is 6.81. The fourth-order valence-electron chi connectivity index (χ4n) is 1.11. The first-order valence-electron chi connectivity index (χ1n) is 4.98. The summed E-state index contributed by atoms with van der Waals surface area (Å²) in [6, 6.07) is 0. The van der Waals surface area contributed by atoms with Crippen LogP contribution in [0.3, 0.4) is 0 Å². The van der Waals surface area contributed by atoms with Gasteiger partial charge in [-0.3, -0.25) is 0 Å². The maximum absolute atomic E-state index is 10.2. The first-order valence-corrected chi connectivity index (χ1v) is 4.98. The number of hydrogen-bond acceptors (Lipinski definition) is 4. The van der Waals surface area contributed by atoms with Gasteiger partial charge in [0.25, 0.3) is 0 Å². The van der Waals surface area contributed by atoms with E-state index in [4.69, 9.17) is 0 Å². The molecule has 1 aromatic rings. The van der Waals surface area contributed by atoms with E-state index in [0.29, 0.717) is 17.3 Å². The Bertz CT molecular complexity index is 321. The Morgan fingerprint density at radius 1 is 1.43 bits per heavy atom. The molecule has 76 valence electrons. The molecule has 1 heterocycles. The molecule has 0 atom stereocenters. The fraction of sp³-hybridized carbons (Fsp3) is 0.600. The molecule has 0 N–H and O–H groups in total. The van der Waals surface area contributed by atoms with Crippen molar-refractivity contribution < 1.29 is 0 Å². The molecule has 0 radical (unpaired) electrons. The number of aromatic nitrogens is 2. The maximum atomic E-state index is 10.2. The second kappa shape index (κ2) is 4.79. The second-order valence-corrected chi connectivity index (χ2v) is 3.06. The van der Waals surface area contributed by atoms with Gasteiger partial charge in [0.1, 0.15) is 11.5 Å². The van der Waals surface area contributed by atoms with E-state index >= 15 is 0 Å². The van der Waals surface area contributed by atoms with Crippen LogP contribution in [0.15, 0.2) is 11.4 Å². The van der Waals surface area contributed by atoms with E-state index in [1.165, 1.54) is 19.0 Å². The van der Waals surface area contributed by atoms with Crippen molar-refractivity contribution in [2.45, 2.75) is 39.5 Å². The SMILES string of the molecule is CC.Cc1nc(C2CC2)ncc1N=O. The molecule has 0 unspecified atom stereocenters. The molecule has 0 saturated heterocycles. The Kier molecular flexibility index (Phi) is 3.68. The number of nitrogens with zero attached hydrogens (tertiary/aromatic N) is 3. The summed E-state index contributed by atoms with van der Waals surface area (Å²) >= 11 is 0. The topological polar surface area (TPSA) is 55.2 Å². The number of rotatable bonds is 2. The highest BCUT2D eigenvalue weighted by molar-refractivity contribution is 5.38. The zero-order valence-corrected chi connectivity index (χ0v) is 8.82. The third-order valence-corrected chi connectivity index (χ3v) is 2.01. The van der Waals surface area contributed by atoms with Crippen molar-refractivity contribution in [2.24, 2.45) is 5.18 Å². The number of aryl methyl sites for hydroxylation is 1. The highest BCUT2D eigenvalue weighted by atomic mass is 16.3. The van der Waals surface area contributed by atoms with Crippen LogP contribution in [0.4, 0.5) is 5.69 Å². The fourth-order valence-corrected chi connectivity index (χ4v) is 1.11. The Morgan fingerprint density at radius 3 is 2.50 bits per heavy atom. The molecule has 1 fully saturated rings. The normalized spacial score (nSPS) is 14.2. The lowest BCUT2D eigenvalue weighted by Gasteiger charge is -1.98. The molecule has 1 saturated carbocycles. The third-order valence-electron chi connectivity index (χ3n) is 2.01. The van der Waals surface area contributed by atoms with Crippen LogP contribution in [0.5, 0.6) is 0 Å². The Balaban J connectivity index is 0.000000461.